The fourth-order valence-electron chi connectivity index (χ4n) is 1.77. The molecule has 0 saturated heterocycles. The van der Waals surface area contributed by atoms with Crippen LogP contribution in [0.15, 0.2) is 35.7 Å². The van der Waals surface area contributed by atoms with Gasteiger partial charge in [0.2, 0.25) is 0 Å². The number of anilines is 1. The lowest BCUT2D eigenvalue weighted by Crippen LogP contribution is -2.12. The van der Waals surface area contributed by atoms with Crippen molar-refractivity contribution < 1.29 is 0 Å². The Kier molecular flexibility index (Phi) is 4.56. The Labute approximate surface area is 118 Å². The second kappa shape index (κ2) is 6.37. The molecule has 1 aromatic carbocycles. The average Bonchev–Trinajstić information content (AvgIpc) is 2.87. The largest absolute Gasteiger partial charge is 0.378 e. The molecule has 98 valence electrons. The van der Waals surface area contributed by atoms with Crippen molar-refractivity contribution in [3.8, 4) is 6.07 Å². The van der Waals surface area contributed by atoms with E-state index in [1.54, 1.807) is 11.3 Å². The Morgan fingerprint density at radius 3 is 2.53 bits per heavy atom. The van der Waals surface area contributed by atoms with E-state index in [-0.39, 0.29) is 0 Å². The number of nitrogens with zero attached hydrogens (tertiary/aromatic N) is 2. The summed E-state index contributed by atoms with van der Waals surface area (Å²) < 4.78 is 0. The third kappa shape index (κ3) is 3.82. The highest BCUT2D eigenvalue weighted by Crippen LogP contribution is 2.14. The van der Waals surface area contributed by atoms with Crippen LogP contribution in [-0.2, 0) is 13.1 Å². The molecule has 2 rings (SSSR count). The predicted molar refractivity (Wildman–Crippen MR) is 80.3 cm³/mol. The number of nitriles is 1. The molecular formula is C15H17N3S. The van der Waals surface area contributed by atoms with Crippen molar-refractivity contribution in [2.24, 2.45) is 0 Å². The summed E-state index contributed by atoms with van der Waals surface area (Å²) in [6.07, 6.45) is 0. The Hall–Kier alpha value is -1.83. The Morgan fingerprint density at radius 1 is 1.21 bits per heavy atom. The van der Waals surface area contributed by atoms with E-state index in [1.807, 2.05) is 25.5 Å². The molecule has 0 spiro atoms. The minimum atomic E-state index is 0.747. The molecule has 3 nitrogen and oxygen atoms in total. The number of hydrogen-bond acceptors (Lipinski definition) is 4. The van der Waals surface area contributed by atoms with E-state index in [1.165, 1.54) is 16.1 Å². The van der Waals surface area contributed by atoms with Gasteiger partial charge in [-0.05, 0) is 23.8 Å². The van der Waals surface area contributed by atoms with Gasteiger partial charge in [0, 0.05) is 43.1 Å². The molecule has 2 aromatic rings. The van der Waals surface area contributed by atoms with E-state index in [9.17, 15) is 0 Å². The maximum Gasteiger partial charge on any atom is 0.100 e. The van der Waals surface area contributed by atoms with Gasteiger partial charge in [-0.15, -0.1) is 11.3 Å². The minimum absolute atomic E-state index is 0.747. The number of rotatable bonds is 5. The van der Waals surface area contributed by atoms with Gasteiger partial charge in [-0.1, -0.05) is 12.1 Å². The van der Waals surface area contributed by atoms with Crippen LogP contribution in [0.5, 0.6) is 0 Å². The van der Waals surface area contributed by atoms with Gasteiger partial charge in [0.15, 0.2) is 0 Å². The summed E-state index contributed by atoms with van der Waals surface area (Å²) in [5.41, 5.74) is 3.22. The van der Waals surface area contributed by atoms with Crippen LogP contribution in [0, 0.1) is 11.3 Å². The molecule has 0 aliphatic carbocycles. The second-order valence-corrected chi connectivity index (χ2v) is 5.57. The SMILES string of the molecule is CN(C)c1ccc(CNCc2cc(C#N)cs2)cc1. The molecule has 0 aliphatic rings. The van der Waals surface area contributed by atoms with Gasteiger partial charge in [0.05, 0.1) is 5.56 Å². The third-order valence-corrected chi connectivity index (χ3v) is 3.80. The predicted octanol–water partition coefficient (Wildman–Crippen LogP) is 2.98. The highest BCUT2D eigenvalue weighted by Gasteiger charge is 2.00. The Bertz CT molecular complexity index is 564. The van der Waals surface area contributed by atoms with Crippen LogP contribution in [0.1, 0.15) is 16.0 Å². The first-order valence-electron chi connectivity index (χ1n) is 6.13. The fraction of sp³-hybridized carbons (Fsp3) is 0.267. The molecule has 0 radical (unpaired) electrons. The van der Waals surface area contributed by atoms with Crippen LogP contribution in [0.25, 0.3) is 0 Å². The van der Waals surface area contributed by atoms with Crippen LogP contribution in [0.3, 0.4) is 0 Å². The summed E-state index contributed by atoms with van der Waals surface area (Å²) in [7, 11) is 4.08. The van der Waals surface area contributed by atoms with Crippen molar-refractivity contribution in [1.29, 1.82) is 5.26 Å². The van der Waals surface area contributed by atoms with Crippen LogP contribution >= 0.6 is 11.3 Å². The van der Waals surface area contributed by atoms with Gasteiger partial charge in [0.25, 0.3) is 0 Å². The van der Waals surface area contributed by atoms with Gasteiger partial charge in [-0.3, -0.25) is 0 Å². The summed E-state index contributed by atoms with van der Waals surface area (Å²) in [4.78, 5) is 3.29. The van der Waals surface area contributed by atoms with Gasteiger partial charge in [0.1, 0.15) is 6.07 Å². The van der Waals surface area contributed by atoms with Gasteiger partial charge < -0.3 is 10.2 Å². The monoisotopic (exact) mass is 271 g/mol. The Balaban J connectivity index is 1.84. The highest BCUT2D eigenvalue weighted by atomic mass is 32.1. The number of hydrogen-bond donors (Lipinski definition) is 1. The normalized spacial score (nSPS) is 10.2. The van der Waals surface area contributed by atoms with Crippen LogP contribution < -0.4 is 10.2 Å². The van der Waals surface area contributed by atoms with Crippen molar-refractivity contribution in [2.75, 3.05) is 19.0 Å². The van der Waals surface area contributed by atoms with Gasteiger partial charge in [-0.25, -0.2) is 0 Å². The molecular weight excluding hydrogens is 254 g/mol. The summed E-state index contributed by atoms with van der Waals surface area (Å²) in [5, 5.41) is 14.0. The van der Waals surface area contributed by atoms with E-state index in [0.717, 1.165) is 18.7 Å². The fourth-order valence-corrected chi connectivity index (χ4v) is 2.55. The second-order valence-electron chi connectivity index (χ2n) is 4.58. The van der Waals surface area contributed by atoms with E-state index in [0.29, 0.717) is 0 Å². The smallest absolute Gasteiger partial charge is 0.100 e. The molecule has 0 bridgehead atoms. The van der Waals surface area contributed by atoms with Crippen LogP contribution in [0.4, 0.5) is 5.69 Å². The molecule has 0 atom stereocenters. The van der Waals surface area contributed by atoms with Crippen LogP contribution in [-0.4, -0.2) is 14.1 Å². The zero-order valence-electron chi connectivity index (χ0n) is 11.2. The van der Waals surface area contributed by atoms with Crippen molar-refractivity contribution in [2.45, 2.75) is 13.1 Å². The zero-order chi connectivity index (χ0) is 13.7. The first-order chi connectivity index (χ1) is 9.19. The quantitative estimate of drug-likeness (QED) is 0.908. The summed E-state index contributed by atoms with van der Waals surface area (Å²) in [6, 6.07) is 12.6. The van der Waals surface area contributed by atoms with Crippen molar-refractivity contribution in [1.82, 2.24) is 5.32 Å². The van der Waals surface area contributed by atoms with Gasteiger partial charge in [-0.2, -0.15) is 5.26 Å². The Morgan fingerprint density at radius 2 is 1.95 bits per heavy atom. The first kappa shape index (κ1) is 13.6. The number of thiophene rings is 1. The number of benzene rings is 1. The van der Waals surface area contributed by atoms with E-state index < -0.39 is 0 Å². The maximum atomic E-state index is 8.76. The van der Waals surface area contributed by atoms with Gasteiger partial charge >= 0.3 is 0 Å². The molecule has 4 heteroatoms. The average molecular weight is 271 g/mol. The molecule has 0 saturated carbocycles. The molecule has 19 heavy (non-hydrogen) atoms. The maximum absolute atomic E-state index is 8.76. The third-order valence-electron chi connectivity index (χ3n) is 2.86. The topological polar surface area (TPSA) is 39.1 Å². The molecule has 1 heterocycles. The molecule has 1 aromatic heterocycles. The summed E-state index contributed by atoms with van der Waals surface area (Å²) in [5.74, 6) is 0. The lowest BCUT2D eigenvalue weighted by Gasteiger charge is -2.12. The number of nitrogens with one attached hydrogen (secondary N) is 1. The van der Waals surface area contributed by atoms with Crippen molar-refractivity contribution in [3.05, 3.63) is 51.7 Å². The highest BCUT2D eigenvalue weighted by molar-refractivity contribution is 7.10. The van der Waals surface area contributed by atoms with Crippen molar-refractivity contribution >= 4 is 17.0 Å². The van der Waals surface area contributed by atoms with Crippen LogP contribution in [0.2, 0.25) is 0 Å². The lowest BCUT2D eigenvalue weighted by atomic mass is 10.2. The molecule has 0 amide bonds. The zero-order valence-corrected chi connectivity index (χ0v) is 12.0. The van der Waals surface area contributed by atoms with Crippen molar-refractivity contribution in [3.63, 3.8) is 0 Å². The molecule has 0 aliphatic heterocycles. The first-order valence-corrected chi connectivity index (χ1v) is 7.01. The lowest BCUT2D eigenvalue weighted by molar-refractivity contribution is 0.701. The molecule has 0 unspecified atom stereocenters. The molecule has 1 N–H and O–H groups in total. The van der Waals surface area contributed by atoms with E-state index in [2.05, 4.69) is 40.6 Å². The minimum Gasteiger partial charge on any atom is -0.378 e. The standard InChI is InChI=1S/C15H17N3S/c1-18(2)14-5-3-12(4-6-14)9-17-10-15-7-13(8-16)11-19-15/h3-7,11,17H,9-10H2,1-2H3. The van der Waals surface area contributed by atoms with E-state index >= 15 is 0 Å². The summed E-state index contributed by atoms with van der Waals surface area (Å²) >= 11 is 1.62. The molecule has 0 fully saturated rings. The summed E-state index contributed by atoms with van der Waals surface area (Å²) in [6.45, 7) is 1.65. The van der Waals surface area contributed by atoms with E-state index in [4.69, 9.17) is 5.26 Å².